The van der Waals surface area contributed by atoms with Gasteiger partial charge in [-0.3, -0.25) is 4.79 Å². The maximum Gasteiger partial charge on any atom is 0.214 e. The molecule has 3 rings (SSSR count). The molecule has 0 amide bonds. The smallest absolute Gasteiger partial charge is 0.214 e. The van der Waals surface area contributed by atoms with E-state index in [2.05, 4.69) is 0 Å². The van der Waals surface area contributed by atoms with Crippen LogP contribution in [0.5, 0.6) is 0 Å². The zero-order valence-corrected chi connectivity index (χ0v) is 16.0. The van der Waals surface area contributed by atoms with Crippen LogP contribution < -0.4 is 0 Å². The number of hydrogen-bond donors (Lipinski definition) is 0. The number of Topliss-reactive ketones (excluding diaryl/α,β-unsaturated/α-hetero) is 1. The first kappa shape index (κ1) is 19.7. The molecule has 0 saturated carbocycles. The third-order valence-corrected chi connectivity index (χ3v) is 7.01. The summed E-state index contributed by atoms with van der Waals surface area (Å²) in [6.45, 7) is 0.733. The van der Waals surface area contributed by atoms with Gasteiger partial charge in [-0.1, -0.05) is 30.3 Å². The van der Waals surface area contributed by atoms with Crippen molar-refractivity contribution in [2.24, 2.45) is 5.92 Å². The van der Waals surface area contributed by atoms with Gasteiger partial charge in [0.25, 0.3) is 0 Å². The maximum atomic E-state index is 13.0. The second-order valence-corrected chi connectivity index (χ2v) is 9.04. The van der Waals surface area contributed by atoms with E-state index in [9.17, 15) is 17.6 Å². The van der Waals surface area contributed by atoms with Gasteiger partial charge in [0.15, 0.2) is 5.78 Å². The molecule has 1 aliphatic heterocycles. The molecule has 0 aromatic heterocycles. The van der Waals surface area contributed by atoms with E-state index >= 15 is 0 Å². The fourth-order valence-corrected chi connectivity index (χ4v) is 5.01. The molecule has 2 aromatic carbocycles. The molecule has 2 aromatic rings. The number of rotatable bonds is 7. The number of hydrogen-bond acceptors (Lipinski definition) is 3. The zero-order chi connectivity index (χ0) is 19.3. The SMILES string of the molecule is O=C(c1ccc(F)cc1)C1CCN(S(=O)(=O)CCCc2ccccc2)CC1. The van der Waals surface area contributed by atoms with E-state index in [1.54, 1.807) is 0 Å². The number of carbonyl (C=O) groups excluding carboxylic acids is 1. The second kappa shape index (κ2) is 8.76. The first-order chi connectivity index (χ1) is 13.0. The largest absolute Gasteiger partial charge is 0.294 e. The topological polar surface area (TPSA) is 54.5 Å². The van der Waals surface area contributed by atoms with Crippen LogP contribution in [-0.2, 0) is 16.4 Å². The van der Waals surface area contributed by atoms with Gasteiger partial charge in [-0.15, -0.1) is 0 Å². The molecular weight excluding hydrogens is 365 g/mol. The Morgan fingerprint density at radius 3 is 2.26 bits per heavy atom. The van der Waals surface area contributed by atoms with E-state index in [1.165, 1.54) is 28.6 Å². The van der Waals surface area contributed by atoms with Gasteiger partial charge in [0.1, 0.15) is 5.82 Å². The lowest BCUT2D eigenvalue weighted by molar-refractivity contribution is 0.0875. The fraction of sp³-hybridized carbons (Fsp3) is 0.381. The molecule has 1 heterocycles. The molecule has 1 aliphatic rings. The Labute approximate surface area is 160 Å². The van der Waals surface area contributed by atoms with Crippen molar-refractivity contribution in [3.63, 3.8) is 0 Å². The summed E-state index contributed by atoms with van der Waals surface area (Å²) < 4.78 is 39.6. The third kappa shape index (κ3) is 5.23. The van der Waals surface area contributed by atoms with Crippen LogP contribution in [0.1, 0.15) is 35.2 Å². The lowest BCUT2D eigenvalue weighted by atomic mass is 9.90. The lowest BCUT2D eigenvalue weighted by Crippen LogP contribution is -2.41. The Hall–Kier alpha value is -2.05. The zero-order valence-electron chi connectivity index (χ0n) is 15.2. The number of ketones is 1. The van der Waals surface area contributed by atoms with Crippen molar-refractivity contribution in [2.75, 3.05) is 18.8 Å². The molecule has 0 N–H and O–H groups in total. The number of sulfonamides is 1. The number of halogens is 1. The molecule has 6 heteroatoms. The Morgan fingerprint density at radius 1 is 1.00 bits per heavy atom. The van der Waals surface area contributed by atoms with Crippen LogP contribution in [0.3, 0.4) is 0 Å². The minimum Gasteiger partial charge on any atom is -0.294 e. The Kier molecular flexibility index (Phi) is 6.39. The van der Waals surface area contributed by atoms with Gasteiger partial charge in [-0.25, -0.2) is 17.1 Å². The molecule has 27 heavy (non-hydrogen) atoms. The third-order valence-electron chi connectivity index (χ3n) is 5.06. The number of piperidine rings is 1. The molecule has 4 nitrogen and oxygen atoms in total. The van der Waals surface area contributed by atoms with Gasteiger partial charge in [0.05, 0.1) is 5.75 Å². The summed E-state index contributed by atoms with van der Waals surface area (Å²) >= 11 is 0. The molecule has 0 atom stereocenters. The van der Waals surface area contributed by atoms with E-state index < -0.39 is 10.0 Å². The highest BCUT2D eigenvalue weighted by molar-refractivity contribution is 7.89. The minimum atomic E-state index is -3.30. The molecule has 0 aliphatic carbocycles. The highest BCUT2D eigenvalue weighted by Gasteiger charge is 2.31. The van der Waals surface area contributed by atoms with E-state index in [4.69, 9.17) is 0 Å². The number of nitrogens with zero attached hydrogens (tertiary/aromatic N) is 1. The summed E-state index contributed by atoms with van der Waals surface area (Å²) in [4.78, 5) is 12.5. The van der Waals surface area contributed by atoms with Crippen LogP contribution in [0.15, 0.2) is 54.6 Å². The standard InChI is InChI=1S/C21H24FNO3S/c22-20-10-8-18(9-11-20)21(24)19-12-14-23(15-13-19)27(25,26)16-4-7-17-5-2-1-3-6-17/h1-3,5-6,8-11,19H,4,7,12-16H2. The average Bonchev–Trinajstić information content (AvgIpc) is 2.69. The van der Waals surface area contributed by atoms with Crippen molar-refractivity contribution in [1.29, 1.82) is 0 Å². The normalized spacial score (nSPS) is 16.3. The number of aryl methyl sites for hydroxylation is 1. The van der Waals surface area contributed by atoms with Crippen LogP contribution in [0.25, 0.3) is 0 Å². The van der Waals surface area contributed by atoms with Crippen molar-refractivity contribution in [3.8, 4) is 0 Å². The van der Waals surface area contributed by atoms with Crippen LogP contribution in [-0.4, -0.2) is 37.3 Å². The Bertz CT molecular complexity index is 858. The van der Waals surface area contributed by atoms with Crippen LogP contribution in [0.4, 0.5) is 4.39 Å². The highest BCUT2D eigenvalue weighted by Crippen LogP contribution is 2.24. The summed E-state index contributed by atoms with van der Waals surface area (Å²) in [6.07, 6.45) is 2.34. The molecule has 0 unspecified atom stereocenters. The van der Waals surface area contributed by atoms with E-state index in [0.717, 1.165) is 12.0 Å². The van der Waals surface area contributed by atoms with Gasteiger partial charge < -0.3 is 0 Å². The molecule has 1 saturated heterocycles. The van der Waals surface area contributed by atoms with Crippen LogP contribution in [0.2, 0.25) is 0 Å². The monoisotopic (exact) mass is 389 g/mol. The van der Waals surface area contributed by atoms with Crippen LogP contribution in [0, 0.1) is 11.7 Å². The van der Waals surface area contributed by atoms with Crippen molar-refractivity contribution >= 4 is 15.8 Å². The molecule has 144 valence electrons. The quantitative estimate of drug-likeness (QED) is 0.679. The average molecular weight is 389 g/mol. The predicted octanol–water partition coefficient (Wildman–Crippen LogP) is 3.68. The van der Waals surface area contributed by atoms with E-state index in [1.807, 2.05) is 30.3 Å². The van der Waals surface area contributed by atoms with Gasteiger partial charge in [0.2, 0.25) is 10.0 Å². The molecule has 1 fully saturated rings. The Balaban J connectivity index is 1.50. The van der Waals surface area contributed by atoms with E-state index in [0.29, 0.717) is 37.9 Å². The summed E-state index contributed by atoms with van der Waals surface area (Å²) in [6, 6.07) is 15.4. The van der Waals surface area contributed by atoms with Crippen LogP contribution >= 0.6 is 0 Å². The number of benzene rings is 2. The summed E-state index contributed by atoms with van der Waals surface area (Å²) in [5.41, 5.74) is 1.62. The predicted molar refractivity (Wildman–Crippen MR) is 104 cm³/mol. The van der Waals surface area contributed by atoms with Crippen molar-refractivity contribution in [3.05, 3.63) is 71.5 Å². The maximum absolute atomic E-state index is 13.0. The summed E-state index contributed by atoms with van der Waals surface area (Å²) in [5, 5.41) is 0. The Morgan fingerprint density at radius 2 is 1.63 bits per heavy atom. The molecule has 0 spiro atoms. The fourth-order valence-electron chi connectivity index (χ4n) is 3.48. The van der Waals surface area contributed by atoms with Crippen molar-refractivity contribution < 1.29 is 17.6 Å². The first-order valence-electron chi connectivity index (χ1n) is 9.27. The van der Waals surface area contributed by atoms with Gasteiger partial charge >= 0.3 is 0 Å². The van der Waals surface area contributed by atoms with Crippen molar-refractivity contribution in [1.82, 2.24) is 4.31 Å². The lowest BCUT2D eigenvalue weighted by Gasteiger charge is -2.30. The second-order valence-electron chi connectivity index (χ2n) is 6.95. The minimum absolute atomic E-state index is 0.0314. The first-order valence-corrected chi connectivity index (χ1v) is 10.9. The van der Waals surface area contributed by atoms with E-state index in [-0.39, 0.29) is 23.3 Å². The molecular formula is C21H24FNO3S. The van der Waals surface area contributed by atoms with Gasteiger partial charge in [0, 0.05) is 24.6 Å². The number of carbonyl (C=O) groups is 1. The van der Waals surface area contributed by atoms with Gasteiger partial charge in [-0.05, 0) is 55.5 Å². The summed E-state index contributed by atoms with van der Waals surface area (Å²) in [7, 11) is -3.30. The summed E-state index contributed by atoms with van der Waals surface area (Å²) in [5.74, 6) is -0.483. The van der Waals surface area contributed by atoms with Gasteiger partial charge in [-0.2, -0.15) is 0 Å². The molecule has 0 bridgehead atoms. The van der Waals surface area contributed by atoms with Crippen molar-refractivity contribution in [2.45, 2.75) is 25.7 Å². The highest BCUT2D eigenvalue weighted by atomic mass is 32.2. The molecule has 0 radical (unpaired) electrons.